The number of halogens is 1. The van der Waals surface area contributed by atoms with E-state index in [1.807, 2.05) is 19.1 Å². The molecule has 0 saturated carbocycles. The van der Waals surface area contributed by atoms with Crippen molar-refractivity contribution in [3.8, 4) is 0 Å². The van der Waals surface area contributed by atoms with Crippen LogP contribution in [0.5, 0.6) is 0 Å². The monoisotopic (exact) mass is 430 g/mol. The molecule has 2 aromatic rings. The highest BCUT2D eigenvalue weighted by atomic mass is 35.5. The lowest BCUT2D eigenvalue weighted by atomic mass is 9.94. The Morgan fingerprint density at radius 3 is 2.70 bits per heavy atom. The minimum absolute atomic E-state index is 0.000372. The van der Waals surface area contributed by atoms with Crippen molar-refractivity contribution < 1.29 is 17.6 Å². The van der Waals surface area contributed by atoms with Crippen molar-refractivity contribution >= 4 is 38.9 Å². The number of amides is 1. The molecule has 0 aromatic carbocycles. The fourth-order valence-corrected chi connectivity index (χ4v) is 6.40. The molecule has 1 fully saturated rings. The van der Waals surface area contributed by atoms with Gasteiger partial charge in [-0.25, -0.2) is 8.42 Å². The molecule has 6 nitrogen and oxygen atoms in total. The van der Waals surface area contributed by atoms with E-state index in [4.69, 9.17) is 16.0 Å². The summed E-state index contributed by atoms with van der Waals surface area (Å²) < 4.78 is 32.8. The molecule has 3 heterocycles. The summed E-state index contributed by atoms with van der Waals surface area (Å²) in [7, 11) is -3.48. The predicted molar refractivity (Wildman–Crippen MR) is 105 cm³/mol. The summed E-state index contributed by atoms with van der Waals surface area (Å²) in [5.74, 6) is 1.04. The van der Waals surface area contributed by atoms with Crippen molar-refractivity contribution in [3.05, 3.63) is 40.6 Å². The second kappa shape index (κ2) is 8.77. The molecule has 27 heavy (non-hydrogen) atoms. The van der Waals surface area contributed by atoms with Crippen LogP contribution in [0, 0.1) is 5.92 Å². The van der Waals surface area contributed by atoms with Crippen LogP contribution in [0.1, 0.15) is 31.9 Å². The molecule has 1 N–H and O–H groups in total. The van der Waals surface area contributed by atoms with Gasteiger partial charge in [0.15, 0.2) is 0 Å². The third-order valence-electron chi connectivity index (χ3n) is 4.69. The number of thiophene rings is 1. The normalized spacial score (nSPS) is 17.7. The topological polar surface area (TPSA) is 79.6 Å². The van der Waals surface area contributed by atoms with Gasteiger partial charge in [-0.3, -0.25) is 4.79 Å². The second-order valence-electron chi connectivity index (χ2n) is 6.86. The Morgan fingerprint density at radius 1 is 1.37 bits per heavy atom. The fourth-order valence-electron chi connectivity index (χ4n) is 3.29. The van der Waals surface area contributed by atoms with E-state index < -0.39 is 10.0 Å². The Morgan fingerprint density at radius 2 is 2.11 bits per heavy atom. The molecule has 2 aromatic heterocycles. The molecule has 0 aliphatic carbocycles. The Hall–Kier alpha value is -1.35. The lowest BCUT2D eigenvalue weighted by Gasteiger charge is -2.30. The third-order valence-corrected chi connectivity index (χ3v) is 8.28. The SMILES string of the molecule is C[C@@H](Cc1ccco1)NC(=O)CC1CCN(S(=O)(=O)c2ccc(Cl)s2)CC1. The Bertz CT molecular complexity index is 856. The van der Waals surface area contributed by atoms with E-state index in [0.29, 0.717) is 43.1 Å². The zero-order valence-corrected chi connectivity index (χ0v) is 17.4. The van der Waals surface area contributed by atoms with E-state index in [1.165, 1.54) is 4.31 Å². The molecular formula is C18H23ClN2O4S2. The number of hydrogen-bond acceptors (Lipinski definition) is 5. The Kier molecular flexibility index (Phi) is 6.62. The van der Waals surface area contributed by atoms with Crippen LogP contribution in [-0.4, -0.2) is 37.8 Å². The Balaban J connectivity index is 1.45. The zero-order chi connectivity index (χ0) is 19.4. The third kappa shape index (κ3) is 5.34. The number of furan rings is 1. The highest BCUT2D eigenvalue weighted by molar-refractivity contribution is 7.91. The molecular weight excluding hydrogens is 408 g/mol. The number of carbonyl (C=O) groups is 1. The van der Waals surface area contributed by atoms with Crippen molar-refractivity contribution in [3.63, 3.8) is 0 Å². The number of carbonyl (C=O) groups excluding carboxylic acids is 1. The number of hydrogen-bond donors (Lipinski definition) is 1. The Labute approximate surface area is 168 Å². The number of sulfonamides is 1. The number of nitrogens with zero attached hydrogens (tertiary/aromatic N) is 1. The number of piperidine rings is 1. The second-order valence-corrected chi connectivity index (χ2v) is 10.7. The van der Waals surface area contributed by atoms with Crippen molar-refractivity contribution in [2.75, 3.05) is 13.1 Å². The summed E-state index contributed by atoms with van der Waals surface area (Å²) in [5.41, 5.74) is 0. The van der Waals surface area contributed by atoms with E-state index in [-0.39, 0.29) is 22.1 Å². The van der Waals surface area contributed by atoms with Gasteiger partial charge in [0.25, 0.3) is 10.0 Å². The van der Waals surface area contributed by atoms with Gasteiger partial charge in [0.1, 0.15) is 9.97 Å². The van der Waals surface area contributed by atoms with Crippen LogP contribution in [0.15, 0.2) is 39.2 Å². The van der Waals surface area contributed by atoms with Crippen molar-refractivity contribution in [1.82, 2.24) is 9.62 Å². The maximum absolute atomic E-state index is 12.6. The molecule has 9 heteroatoms. The van der Waals surface area contributed by atoms with Gasteiger partial charge in [0.05, 0.1) is 10.6 Å². The molecule has 1 amide bonds. The van der Waals surface area contributed by atoms with E-state index >= 15 is 0 Å². The van der Waals surface area contributed by atoms with Gasteiger partial charge in [-0.1, -0.05) is 11.6 Å². The highest BCUT2D eigenvalue weighted by Crippen LogP contribution is 2.31. The van der Waals surface area contributed by atoms with E-state index in [9.17, 15) is 13.2 Å². The largest absolute Gasteiger partial charge is 0.469 e. The van der Waals surface area contributed by atoms with E-state index in [1.54, 1.807) is 18.4 Å². The molecule has 3 rings (SSSR count). The lowest BCUT2D eigenvalue weighted by Crippen LogP contribution is -2.40. The summed E-state index contributed by atoms with van der Waals surface area (Å²) in [6, 6.07) is 6.85. The van der Waals surface area contributed by atoms with E-state index in [2.05, 4.69) is 5.32 Å². The van der Waals surface area contributed by atoms with Gasteiger partial charge in [0.2, 0.25) is 5.91 Å². The predicted octanol–water partition coefficient (Wildman–Crippen LogP) is 3.53. The molecule has 1 atom stereocenters. The average molecular weight is 431 g/mol. The lowest BCUT2D eigenvalue weighted by molar-refractivity contribution is -0.122. The van der Waals surface area contributed by atoms with Gasteiger partial charge in [-0.15, -0.1) is 11.3 Å². The van der Waals surface area contributed by atoms with Crippen molar-refractivity contribution in [2.24, 2.45) is 5.92 Å². The summed E-state index contributed by atoms with van der Waals surface area (Å²) >= 11 is 6.93. The molecule has 1 saturated heterocycles. The zero-order valence-electron chi connectivity index (χ0n) is 15.1. The molecule has 0 radical (unpaired) electrons. The number of nitrogens with one attached hydrogen (secondary N) is 1. The van der Waals surface area contributed by atoms with Gasteiger partial charge in [0, 0.05) is 32.0 Å². The van der Waals surface area contributed by atoms with Crippen LogP contribution in [-0.2, 0) is 21.2 Å². The summed E-state index contributed by atoms with van der Waals surface area (Å²) in [6.45, 7) is 2.80. The van der Waals surface area contributed by atoms with E-state index in [0.717, 1.165) is 17.1 Å². The van der Waals surface area contributed by atoms with Crippen LogP contribution in [0.25, 0.3) is 0 Å². The van der Waals surface area contributed by atoms with Crippen LogP contribution in [0.3, 0.4) is 0 Å². The minimum Gasteiger partial charge on any atom is -0.469 e. The van der Waals surface area contributed by atoms with Crippen LogP contribution >= 0.6 is 22.9 Å². The summed E-state index contributed by atoms with van der Waals surface area (Å²) in [6.07, 6.45) is 4.05. The smallest absolute Gasteiger partial charge is 0.252 e. The van der Waals surface area contributed by atoms with Gasteiger partial charge >= 0.3 is 0 Å². The molecule has 0 bridgehead atoms. The van der Waals surface area contributed by atoms with Crippen LogP contribution in [0.4, 0.5) is 0 Å². The molecule has 1 aliphatic heterocycles. The molecule has 0 unspecified atom stereocenters. The molecule has 148 valence electrons. The first kappa shape index (κ1) is 20.4. The van der Waals surface area contributed by atoms with Gasteiger partial charge in [-0.05, 0) is 49.9 Å². The fraction of sp³-hybridized carbons (Fsp3) is 0.500. The average Bonchev–Trinajstić information content (AvgIpc) is 3.27. The maximum Gasteiger partial charge on any atom is 0.252 e. The molecule has 1 aliphatic rings. The van der Waals surface area contributed by atoms with Crippen molar-refractivity contribution in [1.29, 1.82) is 0 Å². The first-order chi connectivity index (χ1) is 12.8. The first-order valence-electron chi connectivity index (χ1n) is 8.92. The highest BCUT2D eigenvalue weighted by Gasteiger charge is 2.31. The standard InChI is InChI=1S/C18H23ClN2O4S2/c1-13(11-15-3-2-10-25-15)20-17(22)12-14-6-8-21(9-7-14)27(23,24)18-5-4-16(19)26-18/h2-5,10,13-14H,6-9,11-12H2,1H3,(H,20,22)/t13-/m0/s1. The quantitative estimate of drug-likeness (QED) is 0.728. The maximum atomic E-state index is 12.6. The van der Waals surface area contributed by atoms with Crippen LogP contribution in [0.2, 0.25) is 4.34 Å². The summed E-state index contributed by atoms with van der Waals surface area (Å²) in [5, 5.41) is 2.99. The number of rotatable bonds is 7. The van der Waals surface area contributed by atoms with Gasteiger partial charge in [-0.2, -0.15) is 4.31 Å². The summed E-state index contributed by atoms with van der Waals surface area (Å²) in [4.78, 5) is 12.3. The van der Waals surface area contributed by atoms with Crippen molar-refractivity contribution in [2.45, 2.75) is 42.9 Å². The molecule has 0 spiro atoms. The van der Waals surface area contributed by atoms with Gasteiger partial charge < -0.3 is 9.73 Å². The first-order valence-corrected chi connectivity index (χ1v) is 11.6. The minimum atomic E-state index is -3.48. The van der Waals surface area contributed by atoms with Crippen LogP contribution < -0.4 is 5.32 Å².